The van der Waals surface area contributed by atoms with Gasteiger partial charge in [0.15, 0.2) is 0 Å². The second kappa shape index (κ2) is 4.70. The maximum absolute atomic E-state index is 12.5. The van der Waals surface area contributed by atoms with Crippen LogP contribution in [0.1, 0.15) is 6.42 Å². The van der Waals surface area contributed by atoms with Gasteiger partial charge in [0, 0.05) is 25.6 Å². The molecule has 1 fully saturated rings. The molecule has 4 nitrogen and oxygen atoms in total. The number of carbonyl (C=O) groups is 1. The first-order valence-corrected chi connectivity index (χ1v) is 4.72. The number of halogens is 3. The lowest BCUT2D eigenvalue weighted by atomic mass is 9.97. The number of aliphatic hydroxyl groups is 1. The van der Waals surface area contributed by atoms with E-state index in [0.29, 0.717) is 0 Å². The van der Waals surface area contributed by atoms with Crippen LogP contribution in [0.15, 0.2) is 0 Å². The lowest BCUT2D eigenvalue weighted by Gasteiger charge is -2.18. The number of amides is 1. The highest BCUT2D eigenvalue weighted by Gasteiger charge is 2.50. The smallest absolute Gasteiger partial charge is 0.393 e. The fourth-order valence-electron chi connectivity index (χ4n) is 1.81. The zero-order valence-corrected chi connectivity index (χ0v) is 8.37. The molecule has 2 unspecified atom stereocenters. The van der Waals surface area contributed by atoms with Crippen LogP contribution < -0.4 is 0 Å². The Morgan fingerprint density at radius 3 is 2.50 bits per heavy atom. The van der Waals surface area contributed by atoms with Gasteiger partial charge in [-0.1, -0.05) is 0 Å². The summed E-state index contributed by atoms with van der Waals surface area (Å²) in [7, 11) is 0. The molecule has 1 saturated heterocycles. The van der Waals surface area contributed by atoms with Crippen molar-refractivity contribution in [1.82, 2.24) is 4.90 Å². The van der Waals surface area contributed by atoms with Crippen LogP contribution in [0, 0.1) is 23.2 Å². The van der Waals surface area contributed by atoms with Gasteiger partial charge in [-0.05, 0) is 0 Å². The maximum atomic E-state index is 12.5. The summed E-state index contributed by atoms with van der Waals surface area (Å²) in [6.07, 6.45) is -4.85. The van der Waals surface area contributed by atoms with E-state index < -0.39 is 43.5 Å². The van der Waals surface area contributed by atoms with Crippen LogP contribution >= 0.6 is 0 Å². The number of hydrogen-bond acceptors (Lipinski definition) is 3. The Balaban J connectivity index is 2.71. The largest absolute Gasteiger partial charge is 0.396 e. The van der Waals surface area contributed by atoms with Crippen LogP contribution in [-0.4, -0.2) is 41.8 Å². The van der Waals surface area contributed by atoms with Gasteiger partial charge in [0.2, 0.25) is 5.91 Å². The van der Waals surface area contributed by atoms with Crippen molar-refractivity contribution < 1.29 is 23.1 Å². The SMILES string of the molecule is N#CCC(=O)N1CC(CO)C(C(F)(F)F)C1. The highest BCUT2D eigenvalue weighted by atomic mass is 19.4. The van der Waals surface area contributed by atoms with E-state index in [1.165, 1.54) is 0 Å². The van der Waals surface area contributed by atoms with Crippen molar-refractivity contribution in [1.29, 1.82) is 5.26 Å². The van der Waals surface area contributed by atoms with E-state index in [1.54, 1.807) is 6.07 Å². The van der Waals surface area contributed by atoms with Crippen LogP contribution in [0.4, 0.5) is 13.2 Å². The van der Waals surface area contributed by atoms with E-state index in [2.05, 4.69) is 0 Å². The summed E-state index contributed by atoms with van der Waals surface area (Å²) in [5.74, 6) is -3.30. The van der Waals surface area contributed by atoms with Gasteiger partial charge in [-0.2, -0.15) is 18.4 Å². The average molecular weight is 236 g/mol. The molecule has 0 saturated carbocycles. The number of nitriles is 1. The number of rotatable bonds is 2. The van der Waals surface area contributed by atoms with Gasteiger partial charge in [0.1, 0.15) is 6.42 Å². The topological polar surface area (TPSA) is 64.3 Å². The number of nitrogens with zero attached hydrogens (tertiary/aromatic N) is 2. The molecular weight excluding hydrogens is 225 g/mol. The normalized spacial score (nSPS) is 25.6. The first-order valence-electron chi connectivity index (χ1n) is 4.72. The number of alkyl halides is 3. The third kappa shape index (κ3) is 2.64. The molecule has 0 spiro atoms. The summed E-state index contributed by atoms with van der Waals surface area (Å²) in [6.45, 7) is -1.21. The highest BCUT2D eigenvalue weighted by Crippen LogP contribution is 2.37. The van der Waals surface area contributed by atoms with E-state index >= 15 is 0 Å². The van der Waals surface area contributed by atoms with Crippen LogP contribution in [0.2, 0.25) is 0 Å². The molecule has 0 radical (unpaired) electrons. The van der Waals surface area contributed by atoms with E-state index in [9.17, 15) is 18.0 Å². The predicted molar refractivity (Wildman–Crippen MR) is 46.9 cm³/mol. The molecule has 0 aromatic heterocycles. The molecule has 0 aromatic carbocycles. The Morgan fingerprint density at radius 1 is 1.50 bits per heavy atom. The summed E-state index contributed by atoms with van der Waals surface area (Å²) in [5.41, 5.74) is 0. The summed E-state index contributed by atoms with van der Waals surface area (Å²) in [6, 6.07) is 1.60. The molecule has 16 heavy (non-hydrogen) atoms. The van der Waals surface area contributed by atoms with Gasteiger partial charge in [-0.3, -0.25) is 4.79 Å². The van der Waals surface area contributed by atoms with E-state index in [1.807, 2.05) is 0 Å². The Kier molecular flexibility index (Phi) is 3.75. The van der Waals surface area contributed by atoms with E-state index in [-0.39, 0.29) is 6.54 Å². The van der Waals surface area contributed by atoms with Crippen molar-refractivity contribution in [2.75, 3.05) is 19.7 Å². The number of hydrogen-bond donors (Lipinski definition) is 1. The molecule has 1 rings (SSSR count). The number of aliphatic hydroxyl groups excluding tert-OH is 1. The quantitative estimate of drug-likeness (QED) is 0.760. The summed E-state index contributed by atoms with van der Waals surface area (Å²) in [4.78, 5) is 12.2. The molecule has 1 N–H and O–H groups in total. The number of likely N-dealkylation sites (tertiary alicyclic amines) is 1. The monoisotopic (exact) mass is 236 g/mol. The molecule has 0 bridgehead atoms. The molecule has 1 aliphatic rings. The standard InChI is InChI=1S/C9H11F3N2O2/c10-9(11,12)7-4-14(3-6(7)5-15)8(16)1-2-13/h6-7,15H,1,3-5H2. The van der Waals surface area contributed by atoms with Gasteiger partial charge in [0.25, 0.3) is 0 Å². The van der Waals surface area contributed by atoms with Gasteiger partial charge in [-0.15, -0.1) is 0 Å². The molecular formula is C9H11F3N2O2. The minimum Gasteiger partial charge on any atom is -0.396 e. The molecule has 2 atom stereocenters. The van der Waals surface area contributed by atoms with Crippen molar-refractivity contribution >= 4 is 5.91 Å². The third-order valence-corrected chi connectivity index (χ3v) is 2.68. The number of carbonyl (C=O) groups excluding carboxylic acids is 1. The molecule has 90 valence electrons. The van der Waals surface area contributed by atoms with Crippen LogP contribution in [0.25, 0.3) is 0 Å². The molecule has 1 heterocycles. The second-order valence-corrected chi connectivity index (χ2v) is 3.72. The lowest BCUT2D eigenvalue weighted by Crippen LogP contribution is -2.32. The fourth-order valence-corrected chi connectivity index (χ4v) is 1.81. The van der Waals surface area contributed by atoms with Crippen molar-refractivity contribution in [3.05, 3.63) is 0 Å². The van der Waals surface area contributed by atoms with Crippen molar-refractivity contribution in [2.45, 2.75) is 12.6 Å². The highest BCUT2D eigenvalue weighted by molar-refractivity contribution is 5.78. The minimum atomic E-state index is -4.42. The Morgan fingerprint density at radius 2 is 2.12 bits per heavy atom. The van der Waals surface area contributed by atoms with Gasteiger partial charge in [0.05, 0.1) is 12.0 Å². The third-order valence-electron chi connectivity index (χ3n) is 2.68. The first kappa shape index (κ1) is 12.8. The summed E-state index contributed by atoms with van der Waals surface area (Å²) >= 11 is 0. The maximum Gasteiger partial charge on any atom is 0.393 e. The molecule has 1 aliphatic heterocycles. The first-order chi connectivity index (χ1) is 7.40. The van der Waals surface area contributed by atoms with Crippen LogP contribution in [0.5, 0.6) is 0 Å². The van der Waals surface area contributed by atoms with Crippen LogP contribution in [0.3, 0.4) is 0 Å². The van der Waals surface area contributed by atoms with Crippen molar-refractivity contribution in [3.8, 4) is 6.07 Å². The fraction of sp³-hybridized carbons (Fsp3) is 0.778. The molecule has 7 heteroatoms. The minimum absolute atomic E-state index is 0.138. The zero-order valence-electron chi connectivity index (χ0n) is 8.37. The zero-order chi connectivity index (χ0) is 12.3. The van der Waals surface area contributed by atoms with Crippen molar-refractivity contribution in [2.24, 2.45) is 11.8 Å². The van der Waals surface area contributed by atoms with E-state index in [0.717, 1.165) is 4.90 Å². The molecule has 1 amide bonds. The summed E-state index contributed by atoms with van der Waals surface area (Å²) in [5, 5.41) is 17.1. The summed E-state index contributed by atoms with van der Waals surface area (Å²) < 4.78 is 37.5. The predicted octanol–water partition coefficient (Wildman–Crippen LogP) is 0.529. The van der Waals surface area contributed by atoms with Gasteiger partial charge in [-0.25, -0.2) is 0 Å². The Hall–Kier alpha value is -1.29. The van der Waals surface area contributed by atoms with Crippen molar-refractivity contribution in [3.63, 3.8) is 0 Å². The van der Waals surface area contributed by atoms with Crippen LogP contribution in [-0.2, 0) is 4.79 Å². The van der Waals surface area contributed by atoms with Gasteiger partial charge < -0.3 is 10.0 Å². The Labute approximate surface area is 90.3 Å². The second-order valence-electron chi connectivity index (χ2n) is 3.72. The van der Waals surface area contributed by atoms with E-state index in [4.69, 9.17) is 10.4 Å². The van der Waals surface area contributed by atoms with Gasteiger partial charge >= 0.3 is 6.18 Å². The Bertz CT molecular complexity index is 311. The average Bonchev–Trinajstić information content (AvgIpc) is 2.61. The lowest BCUT2D eigenvalue weighted by molar-refractivity contribution is -0.183. The molecule has 0 aromatic rings. The molecule has 0 aliphatic carbocycles.